The molecule has 0 radical (unpaired) electrons. The SMILES string of the molecule is CN(C)S(=O)(=O)c1ccccc1Nc1nn(C2(CC#N)CCN(C(=O)c3ccccc3Cl)CC2)c2cc[nH]c(=O)c12. The van der Waals surface area contributed by atoms with Crippen molar-refractivity contribution in [3.63, 3.8) is 0 Å². The molecular weight excluding hydrogens is 566 g/mol. The molecule has 0 atom stereocenters. The third-order valence-corrected chi connectivity index (χ3v) is 9.65. The largest absolute Gasteiger partial charge is 0.338 e. The van der Waals surface area contributed by atoms with E-state index >= 15 is 0 Å². The number of aromatic nitrogens is 3. The minimum atomic E-state index is -3.81. The number of hydrogen-bond acceptors (Lipinski definition) is 7. The van der Waals surface area contributed by atoms with Gasteiger partial charge in [0.05, 0.1) is 39.8 Å². The molecule has 0 unspecified atom stereocenters. The van der Waals surface area contributed by atoms with Crippen molar-refractivity contribution in [2.75, 3.05) is 32.5 Å². The predicted octanol–water partition coefficient (Wildman–Crippen LogP) is 3.92. The monoisotopic (exact) mass is 593 g/mol. The van der Waals surface area contributed by atoms with Crippen LogP contribution in [0.3, 0.4) is 0 Å². The number of aromatic amines is 1. The second kappa shape index (κ2) is 11.0. The van der Waals surface area contributed by atoms with Gasteiger partial charge >= 0.3 is 0 Å². The molecule has 1 saturated heterocycles. The van der Waals surface area contributed by atoms with Crippen molar-refractivity contribution in [2.45, 2.75) is 29.7 Å². The fraction of sp³-hybridized carbons (Fsp3) is 0.286. The van der Waals surface area contributed by atoms with E-state index in [0.29, 0.717) is 42.0 Å². The molecule has 0 bridgehead atoms. The van der Waals surface area contributed by atoms with E-state index in [2.05, 4.69) is 16.4 Å². The minimum Gasteiger partial charge on any atom is -0.338 e. The van der Waals surface area contributed by atoms with Gasteiger partial charge in [-0.05, 0) is 43.2 Å². The molecule has 212 valence electrons. The quantitative estimate of drug-likeness (QED) is 0.330. The number of nitrogens with one attached hydrogen (secondary N) is 2. The summed E-state index contributed by atoms with van der Waals surface area (Å²) in [4.78, 5) is 30.7. The highest BCUT2D eigenvalue weighted by Crippen LogP contribution is 2.38. The number of para-hydroxylation sites is 1. The zero-order valence-electron chi connectivity index (χ0n) is 22.5. The predicted molar refractivity (Wildman–Crippen MR) is 156 cm³/mol. The lowest BCUT2D eigenvalue weighted by atomic mass is 9.84. The normalized spacial score (nSPS) is 15.1. The van der Waals surface area contributed by atoms with Crippen LogP contribution in [0.4, 0.5) is 11.5 Å². The molecule has 0 saturated carbocycles. The van der Waals surface area contributed by atoms with Crippen LogP contribution >= 0.6 is 11.6 Å². The maximum atomic E-state index is 13.2. The maximum Gasteiger partial charge on any atom is 0.261 e. The van der Waals surface area contributed by atoms with E-state index in [1.165, 1.54) is 26.4 Å². The number of carbonyl (C=O) groups is 1. The molecular formula is C28H28ClN7O4S. The zero-order chi connectivity index (χ0) is 29.4. The number of fused-ring (bicyclic) bond motifs is 1. The number of nitrogens with zero attached hydrogens (tertiary/aromatic N) is 5. The number of anilines is 2. The van der Waals surface area contributed by atoms with E-state index in [0.717, 1.165) is 4.31 Å². The number of carbonyl (C=O) groups excluding carboxylic acids is 1. The smallest absolute Gasteiger partial charge is 0.261 e. The molecule has 41 heavy (non-hydrogen) atoms. The number of rotatable bonds is 7. The number of pyridine rings is 1. The first-order chi connectivity index (χ1) is 19.6. The Kier molecular flexibility index (Phi) is 7.61. The van der Waals surface area contributed by atoms with Gasteiger partial charge in [-0.2, -0.15) is 10.4 Å². The first-order valence-electron chi connectivity index (χ1n) is 12.9. The van der Waals surface area contributed by atoms with Gasteiger partial charge in [-0.15, -0.1) is 0 Å². The molecule has 1 aliphatic rings. The summed E-state index contributed by atoms with van der Waals surface area (Å²) in [5, 5.41) is 18.3. The number of piperidine rings is 1. The minimum absolute atomic E-state index is 0.0261. The third kappa shape index (κ3) is 5.08. The third-order valence-electron chi connectivity index (χ3n) is 7.45. The number of likely N-dealkylation sites (tertiary alicyclic amines) is 1. The molecule has 2 N–H and O–H groups in total. The van der Waals surface area contributed by atoms with Crippen LogP contribution in [-0.4, -0.2) is 65.5 Å². The Bertz CT molecular complexity index is 1830. The molecule has 0 aliphatic carbocycles. The summed E-state index contributed by atoms with van der Waals surface area (Å²) >= 11 is 6.26. The molecule has 13 heteroatoms. The average molecular weight is 594 g/mol. The summed E-state index contributed by atoms with van der Waals surface area (Å²) in [7, 11) is -0.925. The Hall–Kier alpha value is -4.18. The van der Waals surface area contributed by atoms with E-state index in [-0.39, 0.29) is 34.1 Å². The number of halogens is 1. The maximum absolute atomic E-state index is 13.2. The Balaban J connectivity index is 1.55. The molecule has 1 amide bonds. The number of hydrogen-bond donors (Lipinski definition) is 2. The molecule has 2 aromatic carbocycles. The topological polar surface area (TPSA) is 144 Å². The Labute approximate surface area is 242 Å². The fourth-order valence-corrected chi connectivity index (χ4v) is 6.44. The number of H-pyrrole nitrogens is 1. The van der Waals surface area contributed by atoms with Crippen LogP contribution in [0.15, 0.2) is 70.5 Å². The highest BCUT2D eigenvalue weighted by atomic mass is 35.5. The lowest BCUT2D eigenvalue weighted by Crippen LogP contribution is -2.48. The molecule has 5 rings (SSSR count). The Morgan fingerprint density at radius 1 is 1.15 bits per heavy atom. The second-order valence-electron chi connectivity index (χ2n) is 10.1. The van der Waals surface area contributed by atoms with Gasteiger partial charge in [0, 0.05) is 33.4 Å². The van der Waals surface area contributed by atoms with E-state index in [1.54, 1.807) is 58.1 Å². The van der Waals surface area contributed by atoms with Crippen LogP contribution in [0.1, 0.15) is 29.6 Å². The second-order valence-corrected chi connectivity index (χ2v) is 12.6. The summed E-state index contributed by atoms with van der Waals surface area (Å²) in [5.41, 5.74) is -0.0676. The molecule has 0 spiro atoms. The number of benzene rings is 2. The van der Waals surface area contributed by atoms with Gasteiger partial charge in [0.1, 0.15) is 10.3 Å². The molecule has 2 aromatic heterocycles. The number of sulfonamides is 1. The van der Waals surface area contributed by atoms with Crippen LogP contribution in [0.5, 0.6) is 0 Å². The lowest BCUT2D eigenvalue weighted by Gasteiger charge is -2.41. The van der Waals surface area contributed by atoms with E-state index in [9.17, 15) is 23.3 Å². The number of amides is 1. The highest BCUT2D eigenvalue weighted by Gasteiger charge is 2.40. The molecule has 1 aliphatic heterocycles. The molecule has 11 nitrogen and oxygen atoms in total. The van der Waals surface area contributed by atoms with Gasteiger partial charge in [0.2, 0.25) is 10.0 Å². The summed E-state index contributed by atoms with van der Waals surface area (Å²) < 4.78 is 28.8. The van der Waals surface area contributed by atoms with Crippen molar-refractivity contribution in [3.05, 3.63) is 81.7 Å². The van der Waals surface area contributed by atoms with Crippen molar-refractivity contribution < 1.29 is 13.2 Å². The first-order valence-corrected chi connectivity index (χ1v) is 14.7. The van der Waals surface area contributed by atoms with Crippen molar-refractivity contribution in [3.8, 4) is 6.07 Å². The van der Waals surface area contributed by atoms with Crippen LogP contribution in [0, 0.1) is 11.3 Å². The van der Waals surface area contributed by atoms with Crippen LogP contribution in [0.2, 0.25) is 5.02 Å². The van der Waals surface area contributed by atoms with Crippen molar-refractivity contribution in [1.82, 2.24) is 24.0 Å². The van der Waals surface area contributed by atoms with E-state index in [1.807, 2.05) is 0 Å². The Morgan fingerprint density at radius 3 is 2.51 bits per heavy atom. The van der Waals surface area contributed by atoms with Gasteiger partial charge in [-0.1, -0.05) is 35.9 Å². The number of nitriles is 1. The molecule has 1 fully saturated rings. The summed E-state index contributed by atoms with van der Waals surface area (Å²) in [6.07, 6.45) is 2.42. The van der Waals surface area contributed by atoms with Crippen LogP contribution in [0.25, 0.3) is 10.9 Å². The summed E-state index contributed by atoms with van der Waals surface area (Å²) in [5.74, 6) is -0.0286. The molecule has 3 heterocycles. The van der Waals surface area contributed by atoms with Gasteiger partial charge in [0.15, 0.2) is 5.82 Å². The Morgan fingerprint density at radius 2 is 1.83 bits per heavy atom. The van der Waals surface area contributed by atoms with Crippen LogP contribution < -0.4 is 10.9 Å². The fourth-order valence-electron chi connectivity index (χ4n) is 5.19. The van der Waals surface area contributed by atoms with E-state index in [4.69, 9.17) is 16.7 Å². The summed E-state index contributed by atoms with van der Waals surface area (Å²) in [6.45, 7) is 0.700. The molecule has 4 aromatic rings. The highest BCUT2D eigenvalue weighted by molar-refractivity contribution is 7.89. The average Bonchev–Trinajstić information content (AvgIpc) is 3.34. The van der Waals surface area contributed by atoms with Gasteiger partial charge < -0.3 is 15.2 Å². The van der Waals surface area contributed by atoms with E-state index < -0.39 is 21.1 Å². The first kappa shape index (κ1) is 28.4. The zero-order valence-corrected chi connectivity index (χ0v) is 24.0. The van der Waals surface area contributed by atoms with Gasteiger partial charge in [0.25, 0.3) is 11.5 Å². The van der Waals surface area contributed by atoms with Gasteiger partial charge in [-0.25, -0.2) is 12.7 Å². The lowest BCUT2D eigenvalue weighted by molar-refractivity contribution is 0.0588. The van der Waals surface area contributed by atoms with Crippen LogP contribution in [-0.2, 0) is 15.6 Å². The van der Waals surface area contributed by atoms with Gasteiger partial charge in [-0.3, -0.25) is 14.3 Å². The standard InChI is InChI=1S/C28H28ClN7O4S/c1-34(2)41(39,40)23-10-6-5-9-21(23)32-25-24-22(11-16-31-26(24)37)36(33-25)28(12-15-30)13-17-35(18-14-28)27(38)19-7-3-4-8-20(19)29/h3-11,16H,12-14,17-18H2,1-2H3,(H,31,37)(H,32,33). The van der Waals surface area contributed by atoms with Crippen molar-refractivity contribution in [2.24, 2.45) is 0 Å². The van der Waals surface area contributed by atoms with Crippen molar-refractivity contribution >= 4 is 49.9 Å². The summed E-state index contributed by atoms with van der Waals surface area (Å²) in [6, 6.07) is 17.2. The van der Waals surface area contributed by atoms with Crippen molar-refractivity contribution in [1.29, 1.82) is 5.26 Å².